The summed E-state index contributed by atoms with van der Waals surface area (Å²) in [7, 11) is 0. The molecule has 0 aliphatic heterocycles. The molecule has 0 saturated carbocycles. The van der Waals surface area contributed by atoms with E-state index >= 15 is 0 Å². The second kappa shape index (κ2) is 6.07. The van der Waals surface area contributed by atoms with Crippen molar-refractivity contribution >= 4 is 11.5 Å². The van der Waals surface area contributed by atoms with Crippen LogP contribution in [0.4, 0.5) is 4.39 Å². The van der Waals surface area contributed by atoms with Crippen molar-refractivity contribution in [3.63, 3.8) is 0 Å². The molecule has 96 valence electrons. The minimum atomic E-state index is -0.215. The zero-order valence-electron chi connectivity index (χ0n) is 10.6. The van der Waals surface area contributed by atoms with Crippen LogP contribution in [-0.4, -0.2) is 10.9 Å². The minimum absolute atomic E-state index is 0.215. The second-order valence-electron chi connectivity index (χ2n) is 4.71. The average molecular weight is 264 g/mol. The van der Waals surface area contributed by atoms with Gasteiger partial charge in [0.2, 0.25) is 0 Å². The summed E-state index contributed by atoms with van der Waals surface area (Å²) in [5.41, 5.74) is 1.88. The van der Waals surface area contributed by atoms with Gasteiger partial charge in [0.05, 0.1) is 5.69 Å². The number of nitrogens with one attached hydrogen (secondary N) is 1. The third-order valence-electron chi connectivity index (χ3n) is 2.55. The van der Waals surface area contributed by atoms with Gasteiger partial charge in [-0.25, -0.2) is 4.39 Å². The van der Waals surface area contributed by atoms with Crippen LogP contribution in [0.15, 0.2) is 30.3 Å². The van der Waals surface area contributed by atoms with Gasteiger partial charge in [-0.2, -0.15) is 4.37 Å². The van der Waals surface area contributed by atoms with E-state index in [1.807, 2.05) is 0 Å². The molecule has 4 heteroatoms. The quantitative estimate of drug-likeness (QED) is 0.890. The van der Waals surface area contributed by atoms with E-state index < -0.39 is 0 Å². The average Bonchev–Trinajstić information content (AvgIpc) is 2.78. The zero-order chi connectivity index (χ0) is 13.0. The molecule has 0 atom stereocenters. The van der Waals surface area contributed by atoms with Crippen molar-refractivity contribution in [1.82, 2.24) is 9.69 Å². The Kier molecular flexibility index (Phi) is 4.44. The molecular weight excluding hydrogens is 247 g/mol. The summed E-state index contributed by atoms with van der Waals surface area (Å²) in [5, 5.41) is 3.39. The third-order valence-corrected chi connectivity index (χ3v) is 3.34. The topological polar surface area (TPSA) is 24.9 Å². The maximum Gasteiger partial charge on any atom is 0.123 e. The van der Waals surface area contributed by atoms with Gasteiger partial charge < -0.3 is 5.32 Å². The maximum atomic E-state index is 12.8. The smallest absolute Gasteiger partial charge is 0.123 e. The number of hydrogen-bond acceptors (Lipinski definition) is 3. The van der Waals surface area contributed by atoms with Crippen molar-refractivity contribution in [3.8, 4) is 11.3 Å². The monoisotopic (exact) mass is 264 g/mol. The Morgan fingerprint density at radius 1 is 1.28 bits per heavy atom. The van der Waals surface area contributed by atoms with E-state index in [4.69, 9.17) is 0 Å². The Bertz CT molecular complexity index is 491. The molecule has 0 fully saturated rings. The number of nitrogens with zero attached hydrogens (tertiary/aromatic N) is 1. The Labute approximate surface area is 111 Å². The fourth-order valence-corrected chi connectivity index (χ4v) is 2.34. The van der Waals surface area contributed by atoms with Crippen molar-refractivity contribution in [2.45, 2.75) is 20.4 Å². The van der Waals surface area contributed by atoms with E-state index in [1.165, 1.54) is 28.5 Å². The van der Waals surface area contributed by atoms with E-state index in [1.54, 1.807) is 12.1 Å². The number of aromatic nitrogens is 1. The predicted octanol–water partition coefficient (Wildman–Crippen LogP) is 3.69. The van der Waals surface area contributed by atoms with Crippen LogP contribution in [0.25, 0.3) is 11.3 Å². The molecule has 0 unspecified atom stereocenters. The molecule has 2 aromatic rings. The Morgan fingerprint density at radius 3 is 2.67 bits per heavy atom. The van der Waals surface area contributed by atoms with Gasteiger partial charge in [-0.3, -0.25) is 0 Å². The van der Waals surface area contributed by atoms with E-state index in [0.717, 1.165) is 24.3 Å². The second-order valence-corrected chi connectivity index (χ2v) is 5.60. The first-order chi connectivity index (χ1) is 8.65. The van der Waals surface area contributed by atoms with Gasteiger partial charge in [0, 0.05) is 17.0 Å². The molecule has 1 aromatic heterocycles. The summed E-state index contributed by atoms with van der Waals surface area (Å²) in [4.78, 5) is 1.20. The molecule has 1 N–H and O–H groups in total. The van der Waals surface area contributed by atoms with Gasteiger partial charge in [-0.1, -0.05) is 13.8 Å². The summed E-state index contributed by atoms with van der Waals surface area (Å²) in [6.45, 7) is 6.22. The number of benzene rings is 1. The summed E-state index contributed by atoms with van der Waals surface area (Å²) >= 11 is 1.49. The van der Waals surface area contributed by atoms with Crippen molar-refractivity contribution in [2.75, 3.05) is 6.54 Å². The molecule has 0 saturated heterocycles. The van der Waals surface area contributed by atoms with E-state index in [2.05, 4.69) is 29.6 Å². The molecule has 1 heterocycles. The van der Waals surface area contributed by atoms with Crippen LogP contribution >= 0.6 is 11.5 Å². The lowest BCUT2D eigenvalue weighted by molar-refractivity contribution is 0.555. The van der Waals surface area contributed by atoms with Crippen LogP contribution in [0, 0.1) is 11.7 Å². The Balaban J connectivity index is 1.99. The van der Waals surface area contributed by atoms with Gasteiger partial charge in [0.15, 0.2) is 0 Å². The molecule has 0 bridgehead atoms. The summed E-state index contributed by atoms with van der Waals surface area (Å²) in [6.07, 6.45) is 0. The lowest BCUT2D eigenvalue weighted by Gasteiger charge is -2.04. The van der Waals surface area contributed by atoms with Crippen molar-refractivity contribution in [2.24, 2.45) is 5.92 Å². The van der Waals surface area contributed by atoms with Gasteiger partial charge in [-0.15, -0.1) is 0 Å². The Hall–Kier alpha value is -1.26. The summed E-state index contributed by atoms with van der Waals surface area (Å²) in [6, 6.07) is 8.51. The summed E-state index contributed by atoms with van der Waals surface area (Å²) < 4.78 is 17.2. The molecule has 2 nitrogen and oxygen atoms in total. The molecule has 0 spiro atoms. The highest BCUT2D eigenvalue weighted by Crippen LogP contribution is 2.22. The first-order valence-electron chi connectivity index (χ1n) is 6.07. The minimum Gasteiger partial charge on any atom is -0.312 e. The van der Waals surface area contributed by atoms with Crippen LogP contribution < -0.4 is 5.32 Å². The molecule has 0 aliphatic rings. The normalized spacial score (nSPS) is 11.1. The largest absolute Gasteiger partial charge is 0.312 e. The molecule has 2 rings (SSSR count). The molecular formula is C14H17FN2S. The number of rotatable bonds is 5. The Morgan fingerprint density at radius 2 is 2.00 bits per heavy atom. The molecule has 0 amide bonds. The van der Waals surface area contributed by atoms with Gasteiger partial charge >= 0.3 is 0 Å². The van der Waals surface area contributed by atoms with Crippen LogP contribution in [0.2, 0.25) is 0 Å². The molecule has 0 aliphatic carbocycles. The highest BCUT2D eigenvalue weighted by atomic mass is 32.1. The van der Waals surface area contributed by atoms with Crippen LogP contribution in [0.1, 0.15) is 18.7 Å². The first-order valence-corrected chi connectivity index (χ1v) is 6.85. The highest BCUT2D eigenvalue weighted by molar-refractivity contribution is 7.06. The van der Waals surface area contributed by atoms with E-state index in [0.29, 0.717) is 5.92 Å². The molecule has 18 heavy (non-hydrogen) atoms. The van der Waals surface area contributed by atoms with Gasteiger partial charge in [-0.05, 0) is 54.3 Å². The third kappa shape index (κ3) is 3.62. The van der Waals surface area contributed by atoms with Crippen LogP contribution in [0.3, 0.4) is 0 Å². The van der Waals surface area contributed by atoms with E-state index in [9.17, 15) is 4.39 Å². The lowest BCUT2D eigenvalue weighted by atomic mass is 10.1. The maximum absolute atomic E-state index is 12.8. The number of halogens is 1. The zero-order valence-corrected chi connectivity index (χ0v) is 11.4. The van der Waals surface area contributed by atoms with Crippen molar-refractivity contribution in [3.05, 3.63) is 41.0 Å². The standard InChI is InChI=1S/C14H17FN2S/c1-10(2)8-16-9-13-7-14(17-18-13)11-3-5-12(15)6-4-11/h3-7,10,16H,8-9H2,1-2H3. The molecule has 1 aromatic carbocycles. The predicted molar refractivity (Wildman–Crippen MR) is 74.1 cm³/mol. The first kappa shape index (κ1) is 13.2. The van der Waals surface area contributed by atoms with E-state index in [-0.39, 0.29) is 5.82 Å². The fourth-order valence-electron chi connectivity index (χ4n) is 1.64. The van der Waals surface area contributed by atoms with Crippen LogP contribution in [-0.2, 0) is 6.54 Å². The summed E-state index contributed by atoms with van der Waals surface area (Å²) in [5.74, 6) is 0.433. The van der Waals surface area contributed by atoms with Gasteiger partial charge in [0.1, 0.15) is 5.82 Å². The highest BCUT2D eigenvalue weighted by Gasteiger charge is 2.04. The SMILES string of the molecule is CC(C)CNCc1cc(-c2ccc(F)cc2)ns1. The lowest BCUT2D eigenvalue weighted by Crippen LogP contribution is -2.18. The fraction of sp³-hybridized carbons (Fsp3) is 0.357. The van der Waals surface area contributed by atoms with Crippen molar-refractivity contribution < 1.29 is 4.39 Å². The van der Waals surface area contributed by atoms with Crippen molar-refractivity contribution in [1.29, 1.82) is 0 Å². The molecule has 0 radical (unpaired) electrons. The van der Waals surface area contributed by atoms with Crippen LogP contribution in [0.5, 0.6) is 0 Å². The number of hydrogen-bond donors (Lipinski definition) is 1. The van der Waals surface area contributed by atoms with Gasteiger partial charge in [0.25, 0.3) is 0 Å².